The molecule has 2 fully saturated rings. The molecule has 3 aliphatic rings. The van der Waals surface area contributed by atoms with Gasteiger partial charge in [0.25, 0.3) is 0 Å². The van der Waals surface area contributed by atoms with Gasteiger partial charge in [-0.15, -0.1) is 0 Å². The van der Waals surface area contributed by atoms with Crippen molar-refractivity contribution < 1.29 is 4.74 Å². The molecule has 2 aliphatic carbocycles. The molecule has 1 heterocycles. The highest BCUT2D eigenvalue weighted by molar-refractivity contribution is 5.87. The minimum Gasteiger partial charge on any atom is -0.366 e. The molecule has 2 nitrogen and oxygen atoms in total. The van der Waals surface area contributed by atoms with Gasteiger partial charge < -0.3 is 4.74 Å². The van der Waals surface area contributed by atoms with Crippen molar-refractivity contribution in [3.63, 3.8) is 0 Å². The molecule has 2 aromatic rings. The fourth-order valence-electron chi connectivity index (χ4n) is 5.50. The van der Waals surface area contributed by atoms with Gasteiger partial charge in [0.15, 0.2) is 0 Å². The van der Waals surface area contributed by atoms with E-state index in [0.717, 1.165) is 18.4 Å². The van der Waals surface area contributed by atoms with E-state index in [9.17, 15) is 0 Å². The number of hydrogen-bond donors (Lipinski definition) is 0. The number of hydrogen-bond acceptors (Lipinski definition) is 2. The number of nitrogens with zero attached hydrogens (tertiary/aromatic N) is 1. The maximum Gasteiger partial charge on any atom is 0.110 e. The van der Waals surface area contributed by atoms with Crippen LogP contribution in [0.3, 0.4) is 0 Å². The van der Waals surface area contributed by atoms with Crippen molar-refractivity contribution in [2.24, 2.45) is 11.8 Å². The van der Waals surface area contributed by atoms with Crippen molar-refractivity contribution in [3.8, 4) is 0 Å². The zero-order valence-corrected chi connectivity index (χ0v) is 15.1. The Morgan fingerprint density at radius 2 is 1.84 bits per heavy atom. The second-order valence-electron chi connectivity index (χ2n) is 8.01. The molecule has 1 saturated carbocycles. The molecule has 130 valence electrons. The molecule has 0 amide bonds. The normalized spacial score (nSPS) is 29.2. The van der Waals surface area contributed by atoms with Gasteiger partial charge in [-0.2, -0.15) is 0 Å². The second-order valence-corrected chi connectivity index (χ2v) is 8.01. The third-order valence-corrected chi connectivity index (χ3v) is 6.69. The van der Waals surface area contributed by atoms with E-state index in [2.05, 4.69) is 47.4 Å². The minimum atomic E-state index is 0.324. The number of rotatable bonds is 4. The Bertz CT molecular complexity index is 824. The molecular weight excluding hydrogens is 306 g/mol. The van der Waals surface area contributed by atoms with Gasteiger partial charge in [0, 0.05) is 20.2 Å². The lowest BCUT2D eigenvalue weighted by molar-refractivity contribution is 0.000497. The Morgan fingerprint density at radius 3 is 2.72 bits per heavy atom. The van der Waals surface area contributed by atoms with E-state index >= 15 is 0 Å². The van der Waals surface area contributed by atoms with Crippen LogP contribution < -0.4 is 0 Å². The Hall–Kier alpha value is -1.64. The van der Waals surface area contributed by atoms with Crippen molar-refractivity contribution in [2.75, 3.05) is 20.2 Å². The molecule has 2 aromatic carbocycles. The van der Waals surface area contributed by atoms with E-state index in [1.807, 2.05) is 7.11 Å². The van der Waals surface area contributed by atoms with Crippen LogP contribution in [0.5, 0.6) is 0 Å². The van der Waals surface area contributed by atoms with Crippen LogP contribution in [0.1, 0.15) is 37.7 Å². The molecule has 2 heteroatoms. The van der Waals surface area contributed by atoms with Gasteiger partial charge in [-0.05, 0) is 77.5 Å². The van der Waals surface area contributed by atoms with Crippen molar-refractivity contribution in [2.45, 2.75) is 38.3 Å². The van der Waals surface area contributed by atoms with Gasteiger partial charge in [-0.25, -0.2) is 0 Å². The molecule has 0 spiro atoms. The fourth-order valence-corrected chi connectivity index (χ4v) is 5.50. The summed E-state index contributed by atoms with van der Waals surface area (Å²) >= 11 is 0. The first-order chi connectivity index (χ1) is 12.3. The number of likely N-dealkylation sites (tertiary alicyclic amines) is 1. The zero-order valence-electron chi connectivity index (χ0n) is 15.1. The first kappa shape index (κ1) is 15.6. The SMILES string of the molecule is CO[C@@H]1CCCN1CC1=C(c2ccc3ccccc3c2)C2CCC1C2. The average molecular weight is 333 g/mol. The lowest BCUT2D eigenvalue weighted by Gasteiger charge is -2.28. The van der Waals surface area contributed by atoms with Gasteiger partial charge in [0.1, 0.15) is 6.23 Å². The summed E-state index contributed by atoms with van der Waals surface area (Å²) in [6, 6.07) is 15.8. The number of methoxy groups -OCH3 is 1. The van der Waals surface area contributed by atoms with Gasteiger partial charge in [0.2, 0.25) is 0 Å². The maximum atomic E-state index is 5.72. The summed E-state index contributed by atoms with van der Waals surface area (Å²) in [6.45, 7) is 2.30. The van der Waals surface area contributed by atoms with Crippen molar-refractivity contribution in [3.05, 3.63) is 53.6 Å². The van der Waals surface area contributed by atoms with E-state index < -0.39 is 0 Å². The van der Waals surface area contributed by atoms with E-state index in [4.69, 9.17) is 4.74 Å². The topological polar surface area (TPSA) is 12.5 Å². The Labute approximate surface area is 150 Å². The summed E-state index contributed by atoms with van der Waals surface area (Å²) in [4.78, 5) is 2.57. The molecule has 2 bridgehead atoms. The first-order valence-electron chi connectivity index (χ1n) is 9.82. The van der Waals surface area contributed by atoms with Crippen molar-refractivity contribution in [1.82, 2.24) is 4.90 Å². The Balaban J connectivity index is 1.54. The first-order valence-corrected chi connectivity index (χ1v) is 9.82. The standard InChI is InChI=1S/C23H27NO/c1-25-22-7-4-12-24(22)15-21-18-9-11-20(14-18)23(21)19-10-8-16-5-2-3-6-17(16)13-19/h2-3,5-6,8,10,13,18,20,22H,4,7,9,11-12,14-15H2,1H3/t18?,20?,22-/m1/s1. The summed E-state index contributed by atoms with van der Waals surface area (Å²) in [6.07, 6.45) is 6.92. The predicted molar refractivity (Wildman–Crippen MR) is 103 cm³/mol. The molecule has 1 aliphatic heterocycles. The van der Waals surface area contributed by atoms with Crippen LogP contribution in [0, 0.1) is 11.8 Å². The van der Waals surface area contributed by atoms with Crippen LogP contribution in [0.15, 0.2) is 48.0 Å². The van der Waals surface area contributed by atoms with E-state index in [1.165, 1.54) is 55.0 Å². The van der Waals surface area contributed by atoms with Crippen molar-refractivity contribution in [1.29, 1.82) is 0 Å². The summed E-state index contributed by atoms with van der Waals surface area (Å²) in [7, 11) is 1.86. The molecule has 25 heavy (non-hydrogen) atoms. The van der Waals surface area contributed by atoms with Gasteiger partial charge in [-0.1, -0.05) is 36.4 Å². The predicted octanol–water partition coefficient (Wildman–Crippen LogP) is 5.09. The lowest BCUT2D eigenvalue weighted by Crippen LogP contribution is -2.33. The third-order valence-electron chi connectivity index (χ3n) is 6.69. The van der Waals surface area contributed by atoms with Gasteiger partial charge in [0.05, 0.1) is 0 Å². The van der Waals surface area contributed by atoms with Gasteiger partial charge in [-0.3, -0.25) is 4.90 Å². The van der Waals surface area contributed by atoms with Crippen LogP contribution >= 0.6 is 0 Å². The summed E-state index contributed by atoms with van der Waals surface area (Å²) in [5.41, 5.74) is 4.85. The van der Waals surface area contributed by atoms with Crippen LogP contribution in [0.25, 0.3) is 16.3 Å². The maximum absolute atomic E-state index is 5.72. The van der Waals surface area contributed by atoms with Crippen LogP contribution in [-0.4, -0.2) is 31.3 Å². The Kier molecular flexibility index (Phi) is 3.91. The molecule has 3 atom stereocenters. The van der Waals surface area contributed by atoms with E-state index in [-0.39, 0.29) is 0 Å². The van der Waals surface area contributed by atoms with E-state index in [0.29, 0.717) is 6.23 Å². The minimum absolute atomic E-state index is 0.324. The summed E-state index contributed by atoms with van der Waals surface area (Å²) in [5.74, 6) is 1.59. The molecule has 0 aromatic heterocycles. The average Bonchev–Trinajstić information content (AvgIpc) is 3.37. The third kappa shape index (κ3) is 2.63. The lowest BCUT2D eigenvalue weighted by atomic mass is 9.86. The molecule has 2 unspecified atom stereocenters. The Morgan fingerprint density at radius 1 is 1.00 bits per heavy atom. The quantitative estimate of drug-likeness (QED) is 0.772. The highest BCUT2D eigenvalue weighted by atomic mass is 16.5. The van der Waals surface area contributed by atoms with Crippen LogP contribution in [0.2, 0.25) is 0 Å². The van der Waals surface area contributed by atoms with Gasteiger partial charge >= 0.3 is 0 Å². The summed E-state index contributed by atoms with van der Waals surface area (Å²) in [5, 5.41) is 2.71. The monoisotopic (exact) mass is 333 g/mol. The number of allylic oxidation sites excluding steroid dienone is 1. The molecule has 1 saturated heterocycles. The molecule has 0 radical (unpaired) electrons. The molecular formula is C23H27NO. The largest absolute Gasteiger partial charge is 0.366 e. The fraction of sp³-hybridized carbons (Fsp3) is 0.478. The molecule has 5 rings (SSSR count). The second kappa shape index (κ2) is 6.26. The zero-order chi connectivity index (χ0) is 16.8. The van der Waals surface area contributed by atoms with Crippen LogP contribution in [0.4, 0.5) is 0 Å². The van der Waals surface area contributed by atoms with Crippen LogP contribution in [-0.2, 0) is 4.74 Å². The highest BCUT2D eigenvalue weighted by Crippen LogP contribution is 2.53. The number of fused-ring (bicyclic) bond motifs is 3. The smallest absolute Gasteiger partial charge is 0.110 e. The highest BCUT2D eigenvalue weighted by Gasteiger charge is 2.40. The number of ether oxygens (including phenoxy) is 1. The molecule has 0 N–H and O–H groups in total. The summed E-state index contributed by atoms with van der Waals surface area (Å²) < 4.78 is 5.72. The number of benzene rings is 2. The van der Waals surface area contributed by atoms with Crippen molar-refractivity contribution >= 4 is 16.3 Å². The van der Waals surface area contributed by atoms with E-state index in [1.54, 1.807) is 11.1 Å².